The number of hydrogen-bond donors (Lipinski definition) is 0. The van der Waals surface area contributed by atoms with Crippen molar-refractivity contribution in [1.82, 2.24) is 0 Å². The predicted molar refractivity (Wildman–Crippen MR) is 83.3 cm³/mol. The van der Waals surface area contributed by atoms with Crippen molar-refractivity contribution in [2.45, 2.75) is 39.0 Å². The molecule has 0 aliphatic rings. The molecule has 0 saturated carbocycles. The van der Waals surface area contributed by atoms with Gasteiger partial charge in [-0.15, -0.1) is 0 Å². The average Bonchev–Trinajstić information content (AvgIpc) is 2.48. The lowest BCUT2D eigenvalue weighted by molar-refractivity contribution is 0.452. The van der Waals surface area contributed by atoms with Crippen LogP contribution in [0.2, 0.25) is 0 Å². The van der Waals surface area contributed by atoms with E-state index < -0.39 is 0 Å². The molecule has 0 aromatic heterocycles. The Hall–Kier alpha value is -1.56. The Bertz CT molecular complexity index is 444. The lowest BCUT2D eigenvalue weighted by Gasteiger charge is -2.14. The fraction of sp³-hybridized carbons (Fsp3) is 0.368. The second kappa shape index (κ2) is 7.78. The summed E-state index contributed by atoms with van der Waals surface area (Å²) in [7, 11) is 0. The summed E-state index contributed by atoms with van der Waals surface area (Å²) in [6.45, 7) is 2.32. The van der Waals surface area contributed by atoms with Gasteiger partial charge in [0.15, 0.2) is 0 Å². The fourth-order valence-electron chi connectivity index (χ4n) is 2.64. The molecule has 19 heavy (non-hydrogen) atoms. The second-order valence-corrected chi connectivity index (χ2v) is 5.34. The van der Waals surface area contributed by atoms with Crippen LogP contribution in [0.5, 0.6) is 0 Å². The highest BCUT2D eigenvalue weighted by Gasteiger charge is 2.07. The first-order chi connectivity index (χ1) is 9.38. The zero-order chi connectivity index (χ0) is 13.3. The molecule has 0 heteroatoms. The summed E-state index contributed by atoms with van der Waals surface area (Å²) in [6, 6.07) is 21.7. The molecule has 0 spiro atoms. The lowest BCUT2D eigenvalue weighted by atomic mass is 9.91. The first-order valence-corrected chi connectivity index (χ1v) is 7.46. The van der Waals surface area contributed by atoms with Gasteiger partial charge in [0, 0.05) is 0 Å². The van der Waals surface area contributed by atoms with E-state index in [4.69, 9.17) is 0 Å². The third kappa shape index (κ3) is 4.90. The quantitative estimate of drug-likeness (QED) is 0.629. The van der Waals surface area contributed by atoms with Gasteiger partial charge in [0.05, 0.1) is 0 Å². The standard InChI is InChI=1S/C19H24/c1-2-17(16-19-12-7-4-8-13-19)14-9-15-18-10-5-3-6-11-18/h3-8,10-13,17H,2,9,14-16H2,1H3. The van der Waals surface area contributed by atoms with Crippen molar-refractivity contribution in [3.63, 3.8) is 0 Å². The van der Waals surface area contributed by atoms with Crippen LogP contribution in [0.3, 0.4) is 0 Å². The van der Waals surface area contributed by atoms with Crippen molar-refractivity contribution in [3.8, 4) is 0 Å². The second-order valence-electron chi connectivity index (χ2n) is 5.34. The molecule has 0 nitrogen and oxygen atoms in total. The Morgan fingerprint density at radius 3 is 1.95 bits per heavy atom. The smallest absolute Gasteiger partial charge is 0.0250 e. The molecule has 0 aliphatic heterocycles. The highest BCUT2D eigenvalue weighted by Crippen LogP contribution is 2.19. The van der Waals surface area contributed by atoms with Gasteiger partial charge < -0.3 is 0 Å². The van der Waals surface area contributed by atoms with Crippen molar-refractivity contribution in [2.24, 2.45) is 5.92 Å². The van der Waals surface area contributed by atoms with Gasteiger partial charge >= 0.3 is 0 Å². The maximum absolute atomic E-state index is 2.32. The van der Waals surface area contributed by atoms with E-state index in [2.05, 4.69) is 67.6 Å². The van der Waals surface area contributed by atoms with Gasteiger partial charge in [-0.3, -0.25) is 0 Å². The Morgan fingerprint density at radius 2 is 1.37 bits per heavy atom. The molecule has 0 radical (unpaired) electrons. The van der Waals surface area contributed by atoms with Crippen LogP contribution in [0.1, 0.15) is 37.3 Å². The summed E-state index contributed by atoms with van der Waals surface area (Å²) in [5.74, 6) is 0.825. The molecule has 0 saturated heterocycles. The van der Waals surface area contributed by atoms with Crippen LogP contribution in [0, 0.1) is 5.92 Å². The van der Waals surface area contributed by atoms with Crippen LogP contribution in [0.15, 0.2) is 60.7 Å². The Morgan fingerprint density at radius 1 is 0.789 bits per heavy atom. The van der Waals surface area contributed by atoms with Crippen LogP contribution in [0.4, 0.5) is 0 Å². The van der Waals surface area contributed by atoms with E-state index in [1.807, 2.05) is 0 Å². The molecule has 1 unspecified atom stereocenters. The van der Waals surface area contributed by atoms with E-state index in [0.717, 1.165) is 5.92 Å². The zero-order valence-corrected chi connectivity index (χ0v) is 11.9. The van der Waals surface area contributed by atoms with Gasteiger partial charge in [-0.1, -0.05) is 74.0 Å². The van der Waals surface area contributed by atoms with E-state index in [1.165, 1.54) is 43.2 Å². The van der Waals surface area contributed by atoms with Gasteiger partial charge in [0.25, 0.3) is 0 Å². The monoisotopic (exact) mass is 252 g/mol. The molecule has 2 rings (SSSR count). The van der Waals surface area contributed by atoms with Gasteiger partial charge in [-0.2, -0.15) is 0 Å². The number of hydrogen-bond acceptors (Lipinski definition) is 0. The Balaban J connectivity index is 1.77. The summed E-state index contributed by atoms with van der Waals surface area (Å²) in [4.78, 5) is 0. The van der Waals surface area contributed by atoms with E-state index in [9.17, 15) is 0 Å². The highest BCUT2D eigenvalue weighted by molar-refractivity contribution is 5.16. The van der Waals surface area contributed by atoms with Gasteiger partial charge in [-0.25, -0.2) is 0 Å². The molecule has 0 heterocycles. The number of rotatable bonds is 7. The molecule has 0 amide bonds. The lowest BCUT2D eigenvalue weighted by Crippen LogP contribution is -2.04. The molecule has 0 N–H and O–H groups in total. The molecule has 1 atom stereocenters. The molecular formula is C19H24. The molecule has 0 bridgehead atoms. The normalized spacial score (nSPS) is 12.3. The Labute approximate surface area is 117 Å². The topological polar surface area (TPSA) is 0 Å². The minimum atomic E-state index is 0.825. The molecule has 0 fully saturated rings. The van der Waals surface area contributed by atoms with Crippen LogP contribution in [-0.2, 0) is 12.8 Å². The van der Waals surface area contributed by atoms with Gasteiger partial charge in [0.2, 0.25) is 0 Å². The first-order valence-electron chi connectivity index (χ1n) is 7.46. The Kier molecular flexibility index (Phi) is 5.68. The summed E-state index contributed by atoms with van der Waals surface area (Å²) < 4.78 is 0. The summed E-state index contributed by atoms with van der Waals surface area (Å²) in [5.41, 5.74) is 2.95. The van der Waals surface area contributed by atoms with Crippen molar-refractivity contribution < 1.29 is 0 Å². The average molecular weight is 252 g/mol. The third-order valence-corrected chi connectivity index (χ3v) is 3.87. The van der Waals surface area contributed by atoms with Crippen LogP contribution < -0.4 is 0 Å². The summed E-state index contributed by atoms with van der Waals surface area (Å²) in [5, 5.41) is 0. The zero-order valence-electron chi connectivity index (χ0n) is 11.9. The van der Waals surface area contributed by atoms with Gasteiger partial charge in [-0.05, 0) is 42.7 Å². The third-order valence-electron chi connectivity index (χ3n) is 3.87. The number of benzene rings is 2. The van der Waals surface area contributed by atoms with Crippen LogP contribution >= 0.6 is 0 Å². The summed E-state index contributed by atoms with van der Waals surface area (Å²) in [6.07, 6.45) is 6.36. The molecule has 100 valence electrons. The van der Waals surface area contributed by atoms with Crippen LogP contribution in [-0.4, -0.2) is 0 Å². The van der Waals surface area contributed by atoms with Crippen molar-refractivity contribution in [1.29, 1.82) is 0 Å². The first kappa shape index (κ1) is 13.9. The predicted octanol–water partition coefficient (Wildman–Crippen LogP) is 5.28. The van der Waals surface area contributed by atoms with E-state index >= 15 is 0 Å². The number of aryl methyl sites for hydroxylation is 1. The van der Waals surface area contributed by atoms with E-state index in [-0.39, 0.29) is 0 Å². The minimum Gasteiger partial charge on any atom is -0.0651 e. The summed E-state index contributed by atoms with van der Waals surface area (Å²) >= 11 is 0. The molecule has 2 aromatic carbocycles. The van der Waals surface area contributed by atoms with Crippen molar-refractivity contribution in [3.05, 3.63) is 71.8 Å². The van der Waals surface area contributed by atoms with Crippen molar-refractivity contribution in [2.75, 3.05) is 0 Å². The maximum Gasteiger partial charge on any atom is -0.0250 e. The van der Waals surface area contributed by atoms with Crippen molar-refractivity contribution >= 4 is 0 Å². The molecular weight excluding hydrogens is 228 g/mol. The van der Waals surface area contributed by atoms with Gasteiger partial charge in [0.1, 0.15) is 0 Å². The van der Waals surface area contributed by atoms with E-state index in [1.54, 1.807) is 0 Å². The largest absolute Gasteiger partial charge is 0.0651 e. The van der Waals surface area contributed by atoms with E-state index in [0.29, 0.717) is 0 Å². The SMILES string of the molecule is CCC(CCCc1ccccc1)Cc1ccccc1. The minimum absolute atomic E-state index is 0.825. The highest BCUT2D eigenvalue weighted by atomic mass is 14.1. The maximum atomic E-state index is 2.32. The molecule has 2 aromatic rings. The fourth-order valence-corrected chi connectivity index (χ4v) is 2.64. The molecule has 0 aliphatic carbocycles. The van der Waals surface area contributed by atoms with Crippen LogP contribution in [0.25, 0.3) is 0 Å².